The third-order valence-electron chi connectivity index (χ3n) is 4.49. The lowest BCUT2D eigenvalue weighted by molar-refractivity contribution is -0.141. The van der Waals surface area contributed by atoms with Gasteiger partial charge >= 0.3 is 12.0 Å². The zero-order chi connectivity index (χ0) is 19.9. The zero-order valence-corrected chi connectivity index (χ0v) is 16.0. The predicted molar refractivity (Wildman–Crippen MR) is 103 cm³/mol. The summed E-state index contributed by atoms with van der Waals surface area (Å²) in [6.45, 7) is 4.32. The second-order valence-corrected chi connectivity index (χ2v) is 6.37. The van der Waals surface area contributed by atoms with E-state index >= 15 is 0 Å². The molecule has 1 aliphatic rings. The molecule has 0 radical (unpaired) electrons. The van der Waals surface area contributed by atoms with Gasteiger partial charge in [0.2, 0.25) is 6.79 Å². The largest absolute Gasteiger partial charge is 0.465 e. The predicted octanol–water partition coefficient (Wildman–Crippen LogP) is 3.25. The number of nitrogens with zero attached hydrogens (tertiary/aromatic N) is 1. The second-order valence-electron chi connectivity index (χ2n) is 6.37. The van der Waals surface area contributed by atoms with Gasteiger partial charge in [0.1, 0.15) is 6.54 Å². The molecule has 28 heavy (non-hydrogen) atoms. The molecule has 3 rings (SSSR count). The summed E-state index contributed by atoms with van der Waals surface area (Å²) in [5.41, 5.74) is 1.90. The van der Waals surface area contributed by atoms with E-state index in [2.05, 4.69) is 5.32 Å². The number of amides is 2. The van der Waals surface area contributed by atoms with Crippen molar-refractivity contribution in [3.8, 4) is 11.5 Å². The highest BCUT2D eigenvalue weighted by Gasteiger charge is 2.23. The molecule has 2 aromatic rings. The smallest absolute Gasteiger partial charge is 0.325 e. The van der Waals surface area contributed by atoms with Gasteiger partial charge in [-0.2, -0.15) is 0 Å². The van der Waals surface area contributed by atoms with Crippen molar-refractivity contribution in [2.24, 2.45) is 0 Å². The van der Waals surface area contributed by atoms with Crippen LogP contribution in [0.2, 0.25) is 0 Å². The number of hydrogen-bond acceptors (Lipinski definition) is 5. The van der Waals surface area contributed by atoms with E-state index in [0.29, 0.717) is 18.0 Å². The average Bonchev–Trinajstić information content (AvgIpc) is 3.18. The first-order chi connectivity index (χ1) is 13.6. The molecule has 7 nitrogen and oxygen atoms in total. The lowest BCUT2D eigenvalue weighted by Gasteiger charge is -2.30. The molecule has 0 spiro atoms. The first-order valence-corrected chi connectivity index (χ1v) is 9.22. The van der Waals surface area contributed by atoms with Gasteiger partial charge in [-0.3, -0.25) is 4.79 Å². The van der Waals surface area contributed by atoms with Crippen LogP contribution >= 0.6 is 0 Å². The van der Waals surface area contributed by atoms with Crippen molar-refractivity contribution in [1.29, 1.82) is 0 Å². The Labute approximate surface area is 164 Å². The Bertz CT molecular complexity index is 825. The molecule has 7 heteroatoms. The van der Waals surface area contributed by atoms with Crippen molar-refractivity contribution < 1.29 is 23.8 Å². The van der Waals surface area contributed by atoms with Gasteiger partial charge in [0.25, 0.3) is 0 Å². The number of esters is 1. The van der Waals surface area contributed by atoms with Crippen molar-refractivity contribution in [2.45, 2.75) is 26.4 Å². The summed E-state index contributed by atoms with van der Waals surface area (Å²) in [4.78, 5) is 26.1. The van der Waals surface area contributed by atoms with Crippen LogP contribution in [0.5, 0.6) is 11.5 Å². The quantitative estimate of drug-likeness (QED) is 0.742. The van der Waals surface area contributed by atoms with Crippen LogP contribution in [0, 0.1) is 0 Å². The van der Waals surface area contributed by atoms with E-state index in [9.17, 15) is 9.59 Å². The van der Waals surface area contributed by atoms with Crippen LogP contribution in [-0.2, 0) is 16.1 Å². The van der Waals surface area contributed by atoms with Gasteiger partial charge in [0.05, 0.1) is 12.6 Å². The highest BCUT2D eigenvalue weighted by atomic mass is 16.7. The van der Waals surface area contributed by atoms with Crippen LogP contribution in [0.25, 0.3) is 0 Å². The van der Waals surface area contributed by atoms with Crippen molar-refractivity contribution in [1.82, 2.24) is 10.2 Å². The lowest BCUT2D eigenvalue weighted by Crippen LogP contribution is -2.43. The van der Waals surface area contributed by atoms with E-state index < -0.39 is 5.97 Å². The molecule has 1 heterocycles. The summed E-state index contributed by atoms with van der Waals surface area (Å²) < 4.78 is 15.7. The van der Waals surface area contributed by atoms with Gasteiger partial charge in [-0.25, -0.2) is 4.79 Å². The Morgan fingerprint density at radius 1 is 1.14 bits per heavy atom. The molecule has 0 aliphatic carbocycles. The van der Waals surface area contributed by atoms with Crippen molar-refractivity contribution in [2.75, 3.05) is 19.9 Å². The minimum atomic E-state index is -0.466. The van der Waals surface area contributed by atoms with Gasteiger partial charge in [0.15, 0.2) is 11.5 Å². The Hall–Kier alpha value is -3.22. The van der Waals surface area contributed by atoms with Crippen molar-refractivity contribution in [3.63, 3.8) is 0 Å². The van der Waals surface area contributed by atoms with Gasteiger partial charge in [-0.05, 0) is 37.1 Å². The highest BCUT2D eigenvalue weighted by molar-refractivity contribution is 5.81. The summed E-state index contributed by atoms with van der Waals surface area (Å²) >= 11 is 0. The molecule has 1 aliphatic heterocycles. The van der Waals surface area contributed by atoms with Gasteiger partial charge < -0.3 is 24.4 Å². The molecule has 1 N–H and O–H groups in total. The minimum absolute atomic E-state index is 0.175. The standard InChI is InChI=1S/C21H24N2O5/c1-3-26-20(24)12-22-21(25)23(15(2)17-7-5-4-6-8-17)13-16-9-10-18-19(11-16)28-14-27-18/h4-11,15H,3,12-14H2,1-2H3,(H,22,25). The summed E-state index contributed by atoms with van der Waals surface area (Å²) in [7, 11) is 0. The number of carbonyl (C=O) groups is 2. The molecule has 0 saturated carbocycles. The Morgan fingerprint density at radius 3 is 2.64 bits per heavy atom. The van der Waals surface area contributed by atoms with Crippen LogP contribution in [0.1, 0.15) is 31.0 Å². The molecule has 0 bridgehead atoms. The van der Waals surface area contributed by atoms with Crippen LogP contribution in [-0.4, -0.2) is 36.8 Å². The van der Waals surface area contributed by atoms with Crippen LogP contribution in [0.3, 0.4) is 0 Å². The SMILES string of the molecule is CCOC(=O)CNC(=O)N(Cc1ccc2c(c1)OCO2)C(C)c1ccccc1. The third kappa shape index (κ3) is 4.73. The maximum atomic E-state index is 12.9. The van der Waals surface area contributed by atoms with E-state index in [1.807, 2.05) is 55.5 Å². The van der Waals surface area contributed by atoms with E-state index in [-0.39, 0.29) is 32.0 Å². The molecule has 2 amide bonds. The highest BCUT2D eigenvalue weighted by Crippen LogP contribution is 2.33. The summed E-state index contributed by atoms with van der Waals surface area (Å²) in [5.74, 6) is 0.890. The summed E-state index contributed by atoms with van der Waals surface area (Å²) in [5, 5.41) is 2.65. The Balaban J connectivity index is 1.77. The molecule has 0 saturated heterocycles. The Morgan fingerprint density at radius 2 is 1.89 bits per heavy atom. The minimum Gasteiger partial charge on any atom is -0.465 e. The van der Waals surface area contributed by atoms with Gasteiger partial charge in [-0.1, -0.05) is 36.4 Å². The zero-order valence-electron chi connectivity index (χ0n) is 16.0. The molecule has 2 aromatic carbocycles. The second kappa shape index (κ2) is 9.12. The number of carbonyl (C=O) groups excluding carboxylic acids is 2. The summed E-state index contributed by atoms with van der Waals surface area (Å²) in [6, 6.07) is 14.8. The Kier molecular flexibility index (Phi) is 6.37. The summed E-state index contributed by atoms with van der Waals surface area (Å²) in [6.07, 6.45) is 0. The fourth-order valence-corrected chi connectivity index (χ4v) is 2.99. The first kappa shape index (κ1) is 19.5. The van der Waals surface area contributed by atoms with E-state index in [1.165, 1.54) is 0 Å². The monoisotopic (exact) mass is 384 g/mol. The molecule has 0 aromatic heterocycles. The third-order valence-corrected chi connectivity index (χ3v) is 4.49. The number of ether oxygens (including phenoxy) is 3. The number of fused-ring (bicyclic) bond motifs is 1. The molecule has 1 unspecified atom stereocenters. The lowest BCUT2D eigenvalue weighted by atomic mass is 10.1. The molecule has 148 valence electrons. The van der Waals surface area contributed by atoms with Crippen molar-refractivity contribution >= 4 is 12.0 Å². The van der Waals surface area contributed by atoms with E-state index in [4.69, 9.17) is 14.2 Å². The topological polar surface area (TPSA) is 77.1 Å². The first-order valence-electron chi connectivity index (χ1n) is 9.22. The maximum Gasteiger partial charge on any atom is 0.325 e. The normalized spacial score (nSPS) is 12.9. The molecule has 0 fully saturated rings. The molecule has 1 atom stereocenters. The van der Waals surface area contributed by atoms with Crippen LogP contribution < -0.4 is 14.8 Å². The number of nitrogens with one attached hydrogen (secondary N) is 1. The van der Waals surface area contributed by atoms with Crippen LogP contribution in [0.15, 0.2) is 48.5 Å². The number of benzene rings is 2. The van der Waals surface area contributed by atoms with Gasteiger partial charge in [0, 0.05) is 6.54 Å². The number of hydrogen-bond donors (Lipinski definition) is 1. The fourth-order valence-electron chi connectivity index (χ4n) is 2.99. The number of urea groups is 1. The van der Waals surface area contributed by atoms with E-state index in [0.717, 1.165) is 11.1 Å². The fraction of sp³-hybridized carbons (Fsp3) is 0.333. The maximum absolute atomic E-state index is 12.9. The van der Waals surface area contributed by atoms with Crippen molar-refractivity contribution in [3.05, 3.63) is 59.7 Å². The molecular weight excluding hydrogens is 360 g/mol. The van der Waals surface area contributed by atoms with Crippen LogP contribution in [0.4, 0.5) is 4.79 Å². The van der Waals surface area contributed by atoms with Gasteiger partial charge in [-0.15, -0.1) is 0 Å². The van der Waals surface area contributed by atoms with E-state index in [1.54, 1.807) is 11.8 Å². The molecular formula is C21H24N2O5. The average molecular weight is 384 g/mol. The number of rotatable bonds is 7.